The highest BCUT2D eigenvalue weighted by Gasteiger charge is 2.50. The molecular formula is C29H34F2N6O5S. The van der Waals surface area contributed by atoms with Crippen LogP contribution in [-0.2, 0) is 16.0 Å². The van der Waals surface area contributed by atoms with E-state index in [4.69, 9.17) is 15.6 Å². The number of aromatic nitrogens is 1. The van der Waals surface area contributed by atoms with E-state index < -0.39 is 34.4 Å². The second-order valence-corrected chi connectivity index (χ2v) is 12.4. The third-order valence-electron chi connectivity index (χ3n) is 8.80. The molecule has 43 heavy (non-hydrogen) atoms. The average Bonchev–Trinajstić information content (AvgIpc) is 3.50. The molecule has 0 bridgehead atoms. The largest absolute Gasteiger partial charge is 0.502 e. The summed E-state index contributed by atoms with van der Waals surface area (Å²) in [4.78, 5) is 41.0. The lowest BCUT2D eigenvalue weighted by molar-refractivity contribution is -0.127. The molecule has 1 atom stereocenters. The molecule has 4 N–H and O–H groups in total. The van der Waals surface area contributed by atoms with Crippen LogP contribution in [0.25, 0.3) is 0 Å². The Morgan fingerprint density at radius 2 is 1.91 bits per heavy atom. The Labute approximate surface area is 251 Å². The molecule has 14 heteroatoms. The van der Waals surface area contributed by atoms with E-state index in [-0.39, 0.29) is 45.2 Å². The maximum Gasteiger partial charge on any atom is 0.278 e. The van der Waals surface area contributed by atoms with Crippen LogP contribution in [0.1, 0.15) is 53.7 Å². The molecule has 1 aromatic carbocycles. The maximum absolute atomic E-state index is 14.1. The van der Waals surface area contributed by atoms with Crippen LogP contribution in [-0.4, -0.2) is 76.1 Å². The molecule has 1 saturated heterocycles. The van der Waals surface area contributed by atoms with Crippen molar-refractivity contribution in [1.29, 1.82) is 10.8 Å². The van der Waals surface area contributed by atoms with Gasteiger partial charge in [0.15, 0.2) is 11.4 Å². The van der Waals surface area contributed by atoms with Gasteiger partial charge in [-0.1, -0.05) is 17.8 Å². The van der Waals surface area contributed by atoms with Crippen molar-refractivity contribution in [3.63, 3.8) is 0 Å². The third-order valence-corrected chi connectivity index (χ3v) is 9.62. The van der Waals surface area contributed by atoms with Crippen molar-refractivity contribution in [2.24, 2.45) is 11.8 Å². The molecule has 1 aromatic heterocycles. The highest BCUT2D eigenvalue weighted by atomic mass is 32.2. The predicted octanol–water partition coefficient (Wildman–Crippen LogP) is 2.80. The molecule has 11 nitrogen and oxygen atoms in total. The molecule has 2 aliphatic heterocycles. The Balaban J connectivity index is 1.33. The normalized spacial score (nSPS) is 23.4. The van der Waals surface area contributed by atoms with Crippen LogP contribution in [0.3, 0.4) is 0 Å². The van der Waals surface area contributed by atoms with E-state index in [1.54, 1.807) is 19.1 Å². The van der Waals surface area contributed by atoms with Crippen LogP contribution in [0.4, 0.5) is 8.78 Å². The zero-order chi connectivity index (χ0) is 31.1. The quantitative estimate of drug-likeness (QED) is 0.288. The number of thioether (sulfide) groups is 1. The molecule has 1 unspecified atom stereocenters. The summed E-state index contributed by atoms with van der Waals surface area (Å²) in [6.07, 6.45) is 3.95. The van der Waals surface area contributed by atoms with E-state index in [0.717, 1.165) is 12.5 Å². The summed E-state index contributed by atoms with van der Waals surface area (Å²) in [7, 11) is 3.32. The van der Waals surface area contributed by atoms with Crippen LogP contribution in [0.5, 0.6) is 5.75 Å². The van der Waals surface area contributed by atoms with Gasteiger partial charge >= 0.3 is 0 Å². The van der Waals surface area contributed by atoms with E-state index in [2.05, 4.69) is 5.32 Å². The Morgan fingerprint density at radius 3 is 2.56 bits per heavy atom. The van der Waals surface area contributed by atoms with Gasteiger partial charge in [0.25, 0.3) is 5.91 Å². The van der Waals surface area contributed by atoms with Crippen LogP contribution >= 0.6 is 11.8 Å². The van der Waals surface area contributed by atoms with Crippen molar-refractivity contribution in [3.05, 3.63) is 63.1 Å². The number of fused-ring (bicyclic) bond motifs is 1. The van der Waals surface area contributed by atoms with Crippen LogP contribution in [0, 0.1) is 34.3 Å². The Bertz CT molecular complexity index is 1530. The van der Waals surface area contributed by atoms with Gasteiger partial charge in [0.2, 0.25) is 11.3 Å². The zero-order valence-electron chi connectivity index (χ0n) is 23.9. The molecule has 2 aromatic rings. The van der Waals surface area contributed by atoms with Crippen molar-refractivity contribution >= 4 is 33.7 Å². The number of ether oxygens (including phenoxy) is 1. The first-order valence-electron chi connectivity index (χ1n) is 14.1. The number of nitrogens with zero attached hydrogens (tertiary/aromatic N) is 3. The van der Waals surface area contributed by atoms with Crippen molar-refractivity contribution in [2.75, 3.05) is 38.9 Å². The second-order valence-electron chi connectivity index (χ2n) is 11.3. The van der Waals surface area contributed by atoms with Gasteiger partial charge in [-0.25, -0.2) is 8.78 Å². The van der Waals surface area contributed by atoms with Gasteiger partial charge < -0.3 is 20.1 Å². The lowest BCUT2D eigenvalue weighted by Gasteiger charge is -2.55. The number of carbonyl (C=O) groups is 2. The molecule has 5 rings (SSSR count). The minimum absolute atomic E-state index is 0.0217. The molecule has 3 heterocycles. The van der Waals surface area contributed by atoms with Crippen LogP contribution in [0.2, 0.25) is 0 Å². The van der Waals surface area contributed by atoms with Crippen molar-refractivity contribution in [3.8, 4) is 5.75 Å². The molecule has 1 saturated carbocycles. The van der Waals surface area contributed by atoms with E-state index >= 15 is 0 Å². The molecule has 230 valence electrons. The van der Waals surface area contributed by atoms with Crippen molar-refractivity contribution in [1.82, 2.24) is 14.9 Å². The van der Waals surface area contributed by atoms with Gasteiger partial charge in [0.05, 0.1) is 17.2 Å². The van der Waals surface area contributed by atoms with Gasteiger partial charge in [-0.2, -0.15) is 0 Å². The molecule has 1 spiro atoms. The summed E-state index contributed by atoms with van der Waals surface area (Å²) in [5, 5.41) is 31.8. The predicted molar refractivity (Wildman–Crippen MR) is 157 cm³/mol. The number of hydrogen-bond acceptors (Lipinski definition) is 9. The number of pyridine rings is 1. The maximum atomic E-state index is 14.1. The molecule has 1 aliphatic carbocycles. The van der Waals surface area contributed by atoms with Gasteiger partial charge in [0, 0.05) is 57.8 Å². The van der Waals surface area contributed by atoms with Crippen molar-refractivity contribution in [2.45, 2.75) is 44.2 Å². The number of halogens is 2. The molecule has 2 fully saturated rings. The fraction of sp³-hybridized carbons (Fsp3) is 0.483. The number of rotatable bonds is 6. The highest BCUT2D eigenvalue weighted by molar-refractivity contribution is 8.26. The van der Waals surface area contributed by atoms with Gasteiger partial charge in [0.1, 0.15) is 22.3 Å². The topological polar surface area (TPSA) is 152 Å². The lowest BCUT2D eigenvalue weighted by Crippen LogP contribution is -2.69. The zero-order valence-corrected chi connectivity index (χ0v) is 24.7. The first-order valence-corrected chi connectivity index (χ1v) is 14.9. The number of benzene rings is 1. The SMILES string of the molecule is CN1C(=O)c2c(O)c(=O)c(C(=N)SC(=N)Cc3ccc(F)cc3F)cn2N(C)C12CCC(C(=O)NCC1CCOC1)CC2. The van der Waals surface area contributed by atoms with E-state index in [0.29, 0.717) is 69.2 Å². The standard InChI is InChI=1S/C29H34F2N6O5S/c1-35-28(41)23-25(39)24(38)20(26(33)43-22(32)11-18-3-4-19(30)12-21(18)31)14-37(23)36(2)29(35)8-5-17(6-9-29)27(40)34-13-16-7-10-42-15-16/h3-4,12,14,16-17,32-33,39H,5-11,13,15H2,1-2H3,(H,34,40). The average molecular weight is 617 g/mol. The number of nitrogens with one attached hydrogen (secondary N) is 3. The fourth-order valence-corrected chi connectivity index (χ4v) is 6.87. The van der Waals surface area contributed by atoms with Crippen molar-refractivity contribution < 1.29 is 28.2 Å². The molecular weight excluding hydrogens is 582 g/mol. The van der Waals surface area contributed by atoms with Crippen LogP contribution < -0.4 is 15.8 Å². The summed E-state index contributed by atoms with van der Waals surface area (Å²) in [5.74, 6) is -2.88. The monoisotopic (exact) mass is 616 g/mol. The summed E-state index contributed by atoms with van der Waals surface area (Å²) in [6.45, 7) is 1.92. The number of aromatic hydroxyl groups is 1. The minimum atomic E-state index is -0.941. The van der Waals surface area contributed by atoms with Gasteiger partial charge in [-0.05, 0) is 43.7 Å². The van der Waals surface area contributed by atoms with Gasteiger partial charge in [-0.3, -0.25) is 34.9 Å². The molecule has 2 amide bonds. The lowest BCUT2D eigenvalue weighted by atomic mass is 9.79. The van der Waals surface area contributed by atoms with E-state index in [9.17, 15) is 28.3 Å². The molecule has 3 aliphatic rings. The number of amides is 2. The Hall–Kier alpha value is -3.78. The number of hydrogen-bond donors (Lipinski definition) is 4. The fourth-order valence-electron chi connectivity index (χ4n) is 6.14. The number of carbonyl (C=O) groups excluding carboxylic acids is 2. The first kappa shape index (κ1) is 30.7. The summed E-state index contributed by atoms with van der Waals surface area (Å²) in [5.41, 5.74) is -2.21. The Morgan fingerprint density at radius 1 is 1.19 bits per heavy atom. The van der Waals surface area contributed by atoms with Crippen LogP contribution in [0.15, 0.2) is 29.2 Å². The Kier molecular flexibility index (Phi) is 8.61. The van der Waals surface area contributed by atoms with Gasteiger partial charge in [-0.15, -0.1) is 0 Å². The minimum Gasteiger partial charge on any atom is -0.502 e. The summed E-state index contributed by atoms with van der Waals surface area (Å²) >= 11 is 0.596. The van der Waals surface area contributed by atoms with E-state index in [1.165, 1.54) is 21.8 Å². The highest BCUT2D eigenvalue weighted by Crippen LogP contribution is 2.41. The third kappa shape index (κ3) is 5.77. The second kappa shape index (κ2) is 12.1. The summed E-state index contributed by atoms with van der Waals surface area (Å²) in [6, 6.07) is 2.99. The smallest absolute Gasteiger partial charge is 0.278 e. The van der Waals surface area contributed by atoms with E-state index in [1.807, 2.05) is 0 Å². The summed E-state index contributed by atoms with van der Waals surface area (Å²) < 4.78 is 34.1. The molecule has 0 radical (unpaired) electrons. The first-order chi connectivity index (χ1) is 20.4.